The molecule has 1 aliphatic heterocycles. The van der Waals surface area contributed by atoms with Gasteiger partial charge in [0.25, 0.3) is 5.91 Å². The van der Waals surface area contributed by atoms with Gasteiger partial charge in [0.1, 0.15) is 11.1 Å². The number of amides is 2. The van der Waals surface area contributed by atoms with Gasteiger partial charge >= 0.3 is 6.09 Å². The van der Waals surface area contributed by atoms with Crippen LogP contribution < -0.4 is 5.32 Å². The summed E-state index contributed by atoms with van der Waals surface area (Å²) in [5, 5.41) is 13.0. The van der Waals surface area contributed by atoms with Gasteiger partial charge in [-0.25, -0.2) is 14.8 Å². The number of hydrogen-bond acceptors (Lipinski definition) is 7. The topological polar surface area (TPSA) is 123 Å². The van der Waals surface area contributed by atoms with E-state index in [1.807, 2.05) is 78.1 Å². The van der Waals surface area contributed by atoms with E-state index in [-0.39, 0.29) is 24.9 Å². The molecule has 3 aromatic carbocycles. The maximum Gasteiger partial charge on any atom is 0.410 e. The van der Waals surface area contributed by atoms with Gasteiger partial charge in [0.2, 0.25) is 5.89 Å². The Hall–Kier alpha value is -4.67. The molecule has 2 aromatic heterocycles. The van der Waals surface area contributed by atoms with Crippen molar-refractivity contribution in [3.05, 3.63) is 87.5 Å². The number of oxazole rings is 1. The molecule has 0 saturated heterocycles. The monoisotopic (exact) mass is 641 g/mol. The van der Waals surface area contributed by atoms with E-state index in [2.05, 4.69) is 15.3 Å². The zero-order valence-corrected chi connectivity index (χ0v) is 27.5. The number of benzene rings is 3. The largest absolute Gasteiger partial charge is 0.444 e. The second kappa shape index (κ2) is 11.9. The third-order valence-electron chi connectivity index (χ3n) is 8.23. The third kappa shape index (κ3) is 5.86. The van der Waals surface area contributed by atoms with Crippen molar-refractivity contribution in [3.8, 4) is 22.6 Å². The standard InChI is InChI=1S/C35H36ClN5O5/c1-19-22(9-7-11-24(19)33-39-27-16-21(18-42)15-25(36)30(27)45-33)23-10-8-12-26(20(23)2)38-32(43)31-37-28-17-41(14-13-29(28)40(31)6)34(44)46-35(3,4)5/h7-12,15-16,42H,13-14,17-18H2,1-6H3,(H,38,43). The van der Waals surface area contributed by atoms with Crippen LogP contribution in [0, 0.1) is 13.8 Å². The molecule has 2 amide bonds. The molecule has 0 bridgehead atoms. The number of imidazole rings is 1. The molecule has 11 heteroatoms. The molecule has 0 saturated carbocycles. The molecule has 0 radical (unpaired) electrons. The zero-order valence-electron chi connectivity index (χ0n) is 26.7. The smallest absolute Gasteiger partial charge is 0.410 e. The minimum absolute atomic E-state index is 0.145. The van der Waals surface area contributed by atoms with Gasteiger partial charge in [-0.05, 0) is 86.7 Å². The van der Waals surface area contributed by atoms with Gasteiger partial charge in [-0.1, -0.05) is 35.9 Å². The second-order valence-electron chi connectivity index (χ2n) is 12.6. The van der Waals surface area contributed by atoms with Crippen molar-refractivity contribution < 1.29 is 23.8 Å². The fourth-order valence-electron chi connectivity index (χ4n) is 5.87. The Morgan fingerprint density at radius 3 is 2.46 bits per heavy atom. The number of aliphatic hydroxyl groups is 1. The fraction of sp³-hybridized carbons (Fsp3) is 0.314. The minimum Gasteiger partial charge on any atom is -0.444 e. The Kier molecular flexibility index (Phi) is 8.12. The van der Waals surface area contributed by atoms with Crippen molar-refractivity contribution in [3.63, 3.8) is 0 Å². The quantitative estimate of drug-likeness (QED) is 0.208. The van der Waals surface area contributed by atoms with Crippen molar-refractivity contribution >= 4 is 40.4 Å². The van der Waals surface area contributed by atoms with Crippen molar-refractivity contribution in [2.75, 3.05) is 11.9 Å². The Morgan fingerprint density at radius 1 is 1.04 bits per heavy atom. The Labute approximate surface area is 272 Å². The predicted octanol–water partition coefficient (Wildman–Crippen LogP) is 7.20. The summed E-state index contributed by atoms with van der Waals surface area (Å²) in [6.45, 7) is 10.1. The highest BCUT2D eigenvalue weighted by Gasteiger charge is 2.30. The van der Waals surface area contributed by atoms with E-state index in [1.165, 1.54) is 0 Å². The highest BCUT2D eigenvalue weighted by Crippen LogP contribution is 2.37. The van der Waals surface area contributed by atoms with Gasteiger partial charge in [0.15, 0.2) is 11.4 Å². The predicted molar refractivity (Wildman–Crippen MR) is 177 cm³/mol. The van der Waals surface area contributed by atoms with Crippen LogP contribution in [0.4, 0.5) is 10.5 Å². The molecule has 2 N–H and O–H groups in total. The summed E-state index contributed by atoms with van der Waals surface area (Å²) in [6, 6.07) is 15.1. The van der Waals surface area contributed by atoms with Crippen molar-refractivity contribution in [1.82, 2.24) is 19.4 Å². The maximum absolute atomic E-state index is 13.6. The van der Waals surface area contributed by atoms with Gasteiger partial charge in [-0.2, -0.15) is 0 Å². The van der Waals surface area contributed by atoms with E-state index in [4.69, 9.17) is 20.8 Å². The number of rotatable bonds is 5. The SMILES string of the molecule is Cc1c(NC(=O)c2nc3c(n2C)CCN(C(=O)OC(C)(C)C)C3)cccc1-c1cccc(-c2nc3cc(CO)cc(Cl)c3o2)c1C. The summed E-state index contributed by atoms with van der Waals surface area (Å²) in [7, 11) is 1.83. The molecule has 6 rings (SSSR count). The van der Waals surface area contributed by atoms with Gasteiger partial charge in [-0.15, -0.1) is 0 Å². The number of nitrogens with one attached hydrogen (secondary N) is 1. The van der Waals surface area contributed by atoms with Crippen LogP contribution in [0.15, 0.2) is 52.9 Å². The van der Waals surface area contributed by atoms with E-state index < -0.39 is 11.7 Å². The number of aromatic nitrogens is 3. The number of carbonyl (C=O) groups is 2. The molecular weight excluding hydrogens is 606 g/mol. The van der Waals surface area contributed by atoms with Crippen LogP contribution >= 0.6 is 11.6 Å². The van der Waals surface area contributed by atoms with Crippen LogP contribution in [-0.2, 0) is 31.4 Å². The van der Waals surface area contributed by atoms with E-state index in [9.17, 15) is 14.7 Å². The van der Waals surface area contributed by atoms with Crippen molar-refractivity contribution in [2.24, 2.45) is 7.05 Å². The highest BCUT2D eigenvalue weighted by molar-refractivity contribution is 6.34. The average molecular weight is 642 g/mol. The van der Waals surface area contributed by atoms with Crippen LogP contribution in [-0.4, -0.2) is 48.7 Å². The summed E-state index contributed by atoms with van der Waals surface area (Å²) < 4.78 is 13.4. The van der Waals surface area contributed by atoms with Crippen molar-refractivity contribution in [2.45, 2.75) is 59.8 Å². The van der Waals surface area contributed by atoms with Crippen LogP contribution in [0.5, 0.6) is 0 Å². The Balaban J connectivity index is 1.26. The van der Waals surface area contributed by atoms with Gasteiger partial charge in [-0.3, -0.25) is 4.79 Å². The van der Waals surface area contributed by atoms with Crippen LogP contribution in [0.1, 0.15) is 59.5 Å². The van der Waals surface area contributed by atoms with E-state index in [0.29, 0.717) is 51.9 Å². The first-order chi connectivity index (χ1) is 21.8. The first-order valence-corrected chi connectivity index (χ1v) is 15.5. The van der Waals surface area contributed by atoms with Crippen LogP contribution in [0.25, 0.3) is 33.7 Å². The summed E-state index contributed by atoms with van der Waals surface area (Å²) >= 11 is 6.41. The zero-order chi connectivity index (χ0) is 32.9. The number of fused-ring (bicyclic) bond motifs is 2. The lowest BCUT2D eigenvalue weighted by Crippen LogP contribution is -2.40. The number of nitrogens with zero attached hydrogens (tertiary/aromatic N) is 4. The molecule has 0 atom stereocenters. The van der Waals surface area contributed by atoms with E-state index in [0.717, 1.165) is 33.5 Å². The van der Waals surface area contributed by atoms with Crippen LogP contribution in [0.3, 0.4) is 0 Å². The maximum atomic E-state index is 13.6. The number of halogens is 1. The lowest BCUT2D eigenvalue weighted by molar-refractivity contribution is 0.0220. The number of carbonyl (C=O) groups excluding carboxylic acids is 2. The lowest BCUT2D eigenvalue weighted by atomic mass is 9.93. The first kappa shape index (κ1) is 31.3. The minimum atomic E-state index is -0.595. The van der Waals surface area contributed by atoms with Crippen molar-refractivity contribution in [1.29, 1.82) is 0 Å². The Morgan fingerprint density at radius 2 is 1.74 bits per heavy atom. The summed E-state index contributed by atoms with van der Waals surface area (Å²) in [5.74, 6) is 0.368. The molecule has 0 spiro atoms. The summed E-state index contributed by atoms with van der Waals surface area (Å²) in [5.41, 5.74) is 7.94. The normalized spacial score (nSPS) is 13.2. The van der Waals surface area contributed by atoms with Crippen LogP contribution in [0.2, 0.25) is 5.02 Å². The molecule has 3 heterocycles. The fourth-order valence-corrected chi connectivity index (χ4v) is 6.14. The second-order valence-corrected chi connectivity index (χ2v) is 13.0. The molecule has 1 aliphatic rings. The molecule has 0 aliphatic carbocycles. The number of aliphatic hydroxyl groups excluding tert-OH is 1. The van der Waals surface area contributed by atoms with Gasteiger partial charge in [0, 0.05) is 37.0 Å². The average Bonchev–Trinajstić information content (AvgIpc) is 3.59. The summed E-state index contributed by atoms with van der Waals surface area (Å²) in [6.07, 6.45) is 0.182. The first-order valence-electron chi connectivity index (χ1n) is 15.1. The molecule has 10 nitrogen and oxygen atoms in total. The third-order valence-corrected chi connectivity index (χ3v) is 8.51. The Bertz CT molecular complexity index is 2000. The van der Waals surface area contributed by atoms with Gasteiger partial charge in [0.05, 0.1) is 23.9 Å². The highest BCUT2D eigenvalue weighted by atomic mass is 35.5. The summed E-state index contributed by atoms with van der Waals surface area (Å²) in [4.78, 5) is 37.2. The molecular formula is C35H36ClN5O5. The van der Waals surface area contributed by atoms with E-state index >= 15 is 0 Å². The lowest BCUT2D eigenvalue weighted by Gasteiger charge is -2.29. The van der Waals surface area contributed by atoms with E-state index in [1.54, 1.807) is 21.6 Å². The van der Waals surface area contributed by atoms with Gasteiger partial charge < -0.3 is 29.0 Å². The number of hydrogen-bond donors (Lipinski definition) is 2. The molecule has 46 heavy (non-hydrogen) atoms. The number of anilines is 1. The number of ether oxygens (including phenoxy) is 1. The molecule has 238 valence electrons. The molecule has 0 fully saturated rings. The molecule has 5 aromatic rings. The molecule has 0 unspecified atom stereocenters.